The van der Waals surface area contributed by atoms with Crippen LogP contribution in [0.15, 0.2) is 46.9 Å². The quantitative estimate of drug-likeness (QED) is 0.617. The maximum absolute atomic E-state index is 12.5. The number of hydrogen-bond acceptors (Lipinski definition) is 2. The normalized spacial score (nSPS) is 17.1. The maximum atomic E-state index is 12.5. The summed E-state index contributed by atoms with van der Waals surface area (Å²) in [5.41, 5.74) is 3.33. The van der Waals surface area contributed by atoms with Crippen molar-refractivity contribution >= 4 is 27.5 Å². The predicted octanol–water partition coefficient (Wildman–Crippen LogP) is 4.00. The summed E-state index contributed by atoms with van der Waals surface area (Å²) in [5, 5.41) is 0. The average Bonchev–Trinajstić information content (AvgIpc) is 2.78. The lowest BCUT2D eigenvalue weighted by Crippen LogP contribution is -2.20. The van der Waals surface area contributed by atoms with Gasteiger partial charge in [0.2, 0.25) is 0 Å². The molecule has 0 N–H and O–H groups in total. The molecule has 20 heavy (non-hydrogen) atoms. The Hall–Kier alpha value is -1.74. The molecular weight excluding hydrogens is 316 g/mol. The van der Waals surface area contributed by atoms with Gasteiger partial charge >= 0.3 is 0 Å². The number of ketones is 2. The molecule has 2 nitrogen and oxygen atoms in total. The first-order valence-electron chi connectivity index (χ1n) is 6.50. The van der Waals surface area contributed by atoms with Crippen molar-refractivity contribution < 1.29 is 9.59 Å². The smallest absolute Gasteiger partial charge is 0.174 e. The van der Waals surface area contributed by atoms with Crippen molar-refractivity contribution in [3.63, 3.8) is 0 Å². The van der Waals surface area contributed by atoms with Crippen molar-refractivity contribution in [1.29, 1.82) is 0 Å². The van der Waals surface area contributed by atoms with E-state index in [0.29, 0.717) is 17.5 Å². The molecule has 0 saturated carbocycles. The van der Waals surface area contributed by atoms with Crippen LogP contribution in [0.2, 0.25) is 0 Å². The first kappa shape index (κ1) is 13.3. The molecule has 0 radical (unpaired) electrons. The lowest BCUT2D eigenvalue weighted by atomic mass is 9.94. The molecule has 1 aliphatic carbocycles. The average molecular weight is 329 g/mol. The van der Waals surface area contributed by atoms with Crippen molar-refractivity contribution in [2.45, 2.75) is 13.3 Å². The molecule has 0 bridgehead atoms. The van der Waals surface area contributed by atoms with Crippen LogP contribution < -0.4 is 0 Å². The zero-order valence-electron chi connectivity index (χ0n) is 11.0. The molecule has 0 aromatic heterocycles. The number of fused-ring (bicyclic) bond motifs is 1. The van der Waals surface area contributed by atoms with Gasteiger partial charge < -0.3 is 0 Å². The van der Waals surface area contributed by atoms with Crippen LogP contribution in [-0.4, -0.2) is 11.6 Å². The monoisotopic (exact) mass is 328 g/mol. The van der Waals surface area contributed by atoms with Crippen molar-refractivity contribution in [3.8, 4) is 0 Å². The van der Waals surface area contributed by atoms with Crippen LogP contribution in [-0.2, 0) is 6.42 Å². The standard InChI is InChI=1S/C17H13BrO2/c1-10-5-7-11(8-6-10)16(19)14-9-13-12(17(14)20)3-2-4-15(13)18/h2-8,14H,9H2,1H3. The van der Waals surface area contributed by atoms with E-state index in [1.165, 1.54) is 0 Å². The number of aryl methyl sites for hydroxylation is 1. The van der Waals surface area contributed by atoms with E-state index in [1.54, 1.807) is 18.2 Å². The first-order chi connectivity index (χ1) is 9.58. The number of hydrogen-bond donors (Lipinski definition) is 0. The second-order valence-electron chi connectivity index (χ2n) is 5.12. The second kappa shape index (κ2) is 4.98. The molecule has 2 aromatic carbocycles. The molecule has 1 atom stereocenters. The van der Waals surface area contributed by atoms with E-state index in [0.717, 1.165) is 15.6 Å². The Labute approximate surface area is 125 Å². The van der Waals surface area contributed by atoms with Crippen LogP contribution >= 0.6 is 15.9 Å². The van der Waals surface area contributed by atoms with Gasteiger partial charge in [0.1, 0.15) is 0 Å². The van der Waals surface area contributed by atoms with Crippen molar-refractivity contribution in [1.82, 2.24) is 0 Å². The highest BCUT2D eigenvalue weighted by atomic mass is 79.9. The zero-order valence-corrected chi connectivity index (χ0v) is 12.6. The summed E-state index contributed by atoms with van der Waals surface area (Å²) in [6.45, 7) is 1.97. The lowest BCUT2D eigenvalue weighted by molar-refractivity contribution is 0.0822. The molecule has 100 valence electrons. The Balaban J connectivity index is 1.94. The van der Waals surface area contributed by atoms with Crippen LogP contribution in [0.4, 0.5) is 0 Å². The van der Waals surface area contributed by atoms with Gasteiger partial charge in [0.15, 0.2) is 11.6 Å². The minimum absolute atomic E-state index is 0.0631. The van der Waals surface area contributed by atoms with E-state index in [9.17, 15) is 9.59 Å². The van der Waals surface area contributed by atoms with Gasteiger partial charge in [-0.1, -0.05) is 57.9 Å². The Kier molecular flexibility index (Phi) is 3.30. The summed E-state index contributed by atoms with van der Waals surface area (Å²) >= 11 is 3.45. The van der Waals surface area contributed by atoms with E-state index < -0.39 is 5.92 Å². The van der Waals surface area contributed by atoms with Crippen LogP contribution in [0.5, 0.6) is 0 Å². The number of benzene rings is 2. The summed E-state index contributed by atoms with van der Waals surface area (Å²) in [6.07, 6.45) is 0.488. The van der Waals surface area contributed by atoms with Crippen LogP contribution in [0, 0.1) is 12.8 Å². The molecule has 3 rings (SSSR count). The molecule has 0 fully saturated rings. The molecule has 0 heterocycles. The Morgan fingerprint density at radius 1 is 1.15 bits per heavy atom. The summed E-state index contributed by atoms with van der Waals surface area (Å²) in [6, 6.07) is 12.9. The van der Waals surface area contributed by atoms with Gasteiger partial charge in [-0.05, 0) is 25.0 Å². The number of rotatable bonds is 2. The van der Waals surface area contributed by atoms with E-state index in [4.69, 9.17) is 0 Å². The van der Waals surface area contributed by atoms with Gasteiger partial charge in [0.05, 0.1) is 5.92 Å². The zero-order chi connectivity index (χ0) is 14.3. The highest BCUT2D eigenvalue weighted by Gasteiger charge is 2.36. The molecule has 0 amide bonds. The Morgan fingerprint density at radius 2 is 1.85 bits per heavy atom. The summed E-state index contributed by atoms with van der Waals surface area (Å²) < 4.78 is 0.905. The fourth-order valence-electron chi connectivity index (χ4n) is 2.61. The fraction of sp³-hybridized carbons (Fsp3) is 0.176. The van der Waals surface area contributed by atoms with Crippen LogP contribution in [0.1, 0.15) is 31.8 Å². The maximum Gasteiger partial charge on any atom is 0.174 e. The van der Waals surface area contributed by atoms with E-state index >= 15 is 0 Å². The third-order valence-corrected chi connectivity index (χ3v) is 4.50. The molecular formula is C17H13BrO2. The number of halogens is 1. The summed E-state index contributed by atoms with van der Waals surface area (Å²) in [7, 11) is 0. The van der Waals surface area contributed by atoms with Crippen molar-refractivity contribution in [2.24, 2.45) is 5.92 Å². The Morgan fingerprint density at radius 3 is 2.50 bits per heavy atom. The number of carbonyl (C=O) groups excluding carboxylic acids is 2. The molecule has 0 aliphatic heterocycles. The molecule has 3 heteroatoms. The van der Waals surface area contributed by atoms with E-state index in [2.05, 4.69) is 15.9 Å². The van der Waals surface area contributed by atoms with Gasteiger partial charge in [0, 0.05) is 15.6 Å². The van der Waals surface area contributed by atoms with Crippen LogP contribution in [0.3, 0.4) is 0 Å². The van der Waals surface area contributed by atoms with Gasteiger partial charge in [-0.25, -0.2) is 0 Å². The van der Waals surface area contributed by atoms with Gasteiger partial charge in [0.25, 0.3) is 0 Å². The third-order valence-electron chi connectivity index (χ3n) is 3.76. The molecule has 2 aromatic rings. The van der Waals surface area contributed by atoms with Crippen molar-refractivity contribution in [3.05, 3.63) is 69.2 Å². The first-order valence-corrected chi connectivity index (χ1v) is 7.29. The molecule has 0 spiro atoms. The molecule has 1 aliphatic rings. The minimum atomic E-state index is -0.577. The summed E-state index contributed by atoms with van der Waals surface area (Å²) in [4.78, 5) is 24.9. The predicted molar refractivity (Wildman–Crippen MR) is 81.2 cm³/mol. The van der Waals surface area contributed by atoms with E-state index in [-0.39, 0.29) is 11.6 Å². The van der Waals surface area contributed by atoms with E-state index in [1.807, 2.05) is 31.2 Å². The second-order valence-corrected chi connectivity index (χ2v) is 5.97. The van der Waals surface area contributed by atoms with Crippen molar-refractivity contribution in [2.75, 3.05) is 0 Å². The SMILES string of the molecule is Cc1ccc(C(=O)C2Cc3c(Br)cccc3C2=O)cc1. The van der Waals surface area contributed by atoms with Crippen LogP contribution in [0.25, 0.3) is 0 Å². The van der Waals surface area contributed by atoms with Gasteiger partial charge in [-0.3, -0.25) is 9.59 Å². The highest BCUT2D eigenvalue weighted by molar-refractivity contribution is 9.10. The fourth-order valence-corrected chi connectivity index (χ4v) is 3.14. The van der Waals surface area contributed by atoms with Gasteiger partial charge in [-0.15, -0.1) is 0 Å². The molecule has 0 saturated heterocycles. The highest BCUT2D eigenvalue weighted by Crippen LogP contribution is 2.33. The third kappa shape index (κ3) is 2.12. The number of carbonyl (C=O) groups is 2. The topological polar surface area (TPSA) is 34.1 Å². The minimum Gasteiger partial charge on any atom is -0.293 e. The van der Waals surface area contributed by atoms with Gasteiger partial charge in [-0.2, -0.15) is 0 Å². The Bertz CT molecular complexity index is 701. The largest absolute Gasteiger partial charge is 0.293 e. The summed E-state index contributed by atoms with van der Waals surface area (Å²) in [5.74, 6) is -0.726. The molecule has 1 unspecified atom stereocenters. The number of Topliss-reactive ketones (excluding diaryl/α,β-unsaturated/α-hetero) is 2. The lowest BCUT2D eigenvalue weighted by Gasteiger charge is -2.07.